The molecule has 3 fully saturated rings. The van der Waals surface area contributed by atoms with Gasteiger partial charge < -0.3 is 14.6 Å². The maximum Gasteiger partial charge on any atom is 0.305 e. The Kier molecular flexibility index (Phi) is 7.89. The molecule has 0 heterocycles. The van der Waals surface area contributed by atoms with Crippen LogP contribution in [0.2, 0.25) is 0 Å². The predicted molar refractivity (Wildman–Crippen MR) is 142 cm³/mol. The van der Waals surface area contributed by atoms with Crippen molar-refractivity contribution < 1.29 is 29.0 Å². The van der Waals surface area contributed by atoms with Crippen molar-refractivity contribution in [2.75, 3.05) is 13.2 Å². The lowest BCUT2D eigenvalue weighted by Gasteiger charge is -2.65. The summed E-state index contributed by atoms with van der Waals surface area (Å²) in [5, 5.41) is 11.9. The van der Waals surface area contributed by atoms with Gasteiger partial charge in [-0.1, -0.05) is 59.1 Å². The Morgan fingerprint density at radius 2 is 1.92 bits per heavy atom. The molecular weight excluding hydrogens is 492 g/mol. The quantitative estimate of drug-likeness (QED) is 0.244. The van der Waals surface area contributed by atoms with Gasteiger partial charge in [-0.3, -0.25) is 14.4 Å². The molecule has 4 aliphatic rings. The molecule has 0 bridgehead atoms. The fraction of sp³-hybridized carbons (Fsp3) is 0.767. The van der Waals surface area contributed by atoms with Crippen LogP contribution in [0.4, 0.5) is 0 Å². The molecule has 1 N–H and O–H groups in total. The number of fused-ring (bicyclic) bond motifs is 5. The van der Waals surface area contributed by atoms with E-state index in [2.05, 4.69) is 20.8 Å². The molecule has 7 heteroatoms. The Bertz CT molecular complexity index is 1000. The molecular formula is C30H43ClO6. The summed E-state index contributed by atoms with van der Waals surface area (Å²) in [5.74, 6) is -0.594. The van der Waals surface area contributed by atoms with Gasteiger partial charge >= 0.3 is 5.97 Å². The zero-order chi connectivity index (χ0) is 27.2. The molecule has 8 atom stereocenters. The minimum Gasteiger partial charge on any atom is -0.458 e. The standard InChI is InChI=1S/C30H43ClO6/c1-6-8-9-14-37-29(25(34)18-36-26(35)7-2)13-11-21-23-15-19(3)22-16-20(32)10-12-27(22,4)30(23,31)24(33)17-28(21,29)5/h10,12,16,19,21,23-24,33H,6-9,11,13-15,17-18H2,1-5H3/t19?,21-,23-,24?,27-,28-,29-,30-/m0/s1. The average Bonchev–Trinajstić information content (AvgIpc) is 3.15. The van der Waals surface area contributed by atoms with Gasteiger partial charge in [-0.05, 0) is 62.0 Å². The summed E-state index contributed by atoms with van der Waals surface area (Å²) in [6, 6.07) is 0. The number of hydrogen-bond donors (Lipinski definition) is 1. The van der Waals surface area contributed by atoms with Crippen molar-refractivity contribution in [1.82, 2.24) is 0 Å². The van der Waals surface area contributed by atoms with Gasteiger partial charge in [-0.25, -0.2) is 0 Å². The fourth-order valence-electron chi connectivity index (χ4n) is 8.33. The molecule has 37 heavy (non-hydrogen) atoms. The predicted octanol–water partition coefficient (Wildman–Crippen LogP) is 5.34. The van der Waals surface area contributed by atoms with Gasteiger partial charge in [0.2, 0.25) is 5.78 Å². The van der Waals surface area contributed by atoms with Gasteiger partial charge in [-0.2, -0.15) is 0 Å². The molecule has 0 radical (unpaired) electrons. The Morgan fingerprint density at radius 3 is 2.59 bits per heavy atom. The van der Waals surface area contributed by atoms with E-state index in [1.54, 1.807) is 19.1 Å². The number of carbonyl (C=O) groups is 3. The number of rotatable bonds is 9. The van der Waals surface area contributed by atoms with Gasteiger partial charge in [-0.15, -0.1) is 11.6 Å². The second kappa shape index (κ2) is 10.2. The van der Waals surface area contributed by atoms with Crippen LogP contribution in [0.5, 0.6) is 0 Å². The smallest absolute Gasteiger partial charge is 0.305 e. The summed E-state index contributed by atoms with van der Waals surface area (Å²) in [5.41, 5.74) is -1.49. The van der Waals surface area contributed by atoms with Gasteiger partial charge in [0, 0.05) is 23.9 Å². The van der Waals surface area contributed by atoms with E-state index in [-0.39, 0.29) is 42.3 Å². The van der Waals surface area contributed by atoms with E-state index in [1.165, 1.54) is 0 Å². The first-order valence-electron chi connectivity index (χ1n) is 14.1. The van der Waals surface area contributed by atoms with Gasteiger partial charge in [0.1, 0.15) is 5.60 Å². The highest BCUT2D eigenvalue weighted by atomic mass is 35.5. The summed E-state index contributed by atoms with van der Waals surface area (Å²) in [6.07, 6.45) is 9.63. The largest absolute Gasteiger partial charge is 0.458 e. The normalized spacial score (nSPS) is 42.5. The number of unbranched alkanes of at least 4 members (excludes halogenated alkanes) is 2. The summed E-state index contributed by atoms with van der Waals surface area (Å²) in [6.45, 7) is 10.2. The highest BCUT2D eigenvalue weighted by molar-refractivity contribution is 6.26. The fourth-order valence-corrected chi connectivity index (χ4v) is 8.82. The van der Waals surface area contributed by atoms with Gasteiger partial charge in [0.15, 0.2) is 12.4 Å². The monoisotopic (exact) mass is 534 g/mol. The number of carbonyl (C=O) groups excluding carboxylic acids is 3. The molecule has 0 spiro atoms. The number of aliphatic hydroxyl groups excluding tert-OH is 1. The second-order valence-electron chi connectivity index (χ2n) is 12.2. The highest BCUT2D eigenvalue weighted by Gasteiger charge is 2.74. The van der Waals surface area contributed by atoms with E-state index < -0.39 is 33.4 Å². The van der Waals surface area contributed by atoms with Crippen molar-refractivity contribution in [2.24, 2.45) is 28.6 Å². The first kappa shape index (κ1) is 28.5. The molecule has 6 nitrogen and oxygen atoms in total. The van der Waals surface area contributed by atoms with Crippen molar-refractivity contribution in [3.05, 3.63) is 23.8 Å². The third-order valence-electron chi connectivity index (χ3n) is 10.3. The molecule has 4 rings (SSSR count). The number of allylic oxidation sites excluding steroid dienone is 4. The minimum absolute atomic E-state index is 0.0391. The first-order chi connectivity index (χ1) is 17.4. The van der Waals surface area contributed by atoms with Crippen LogP contribution in [-0.4, -0.2) is 52.4 Å². The lowest BCUT2D eigenvalue weighted by Crippen LogP contribution is -2.69. The third kappa shape index (κ3) is 4.17. The Morgan fingerprint density at radius 1 is 1.19 bits per heavy atom. The number of esters is 1. The van der Waals surface area contributed by atoms with Crippen molar-refractivity contribution in [1.29, 1.82) is 0 Å². The van der Waals surface area contributed by atoms with E-state index in [0.29, 0.717) is 19.4 Å². The maximum atomic E-state index is 13.9. The summed E-state index contributed by atoms with van der Waals surface area (Å²) >= 11 is 7.58. The number of Topliss-reactive ketones (excluding diaryl/α,β-unsaturated/α-hetero) is 1. The van der Waals surface area contributed by atoms with E-state index in [0.717, 1.165) is 37.7 Å². The van der Waals surface area contributed by atoms with Crippen LogP contribution in [0.1, 0.15) is 86.0 Å². The number of halogens is 1. The SMILES string of the molecule is CCCCCO[C@]1(C(=O)COC(=O)CC)CC[C@H]2[C@@H]3CC(C)C4=CC(=O)C=C[C@]4(C)[C@@]3(Cl)C(O)C[C@@]21C. The van der Waals surface area contributed by atoms with Crippen LogP contribution in [0.3, 0.4) is 0 Å². The Hall–Kier alpha value is -1.50. The molecule has 0 aromatic rings. The van der Waals surface area contributed by atoms with E-state index in [4.69, 9.17) is 21.1 Å². The maximum absolute atomic E-state index is 13.9. The van der Waals surface area contributed by atoms with E-state index >= 15 is 0 Å². The highest BCUT2D eigenvalue weighted by Crippen LogP contribution is 2.71. The zero-order valence-electron chi connectivity index (χ0n) is 23.0. The Labute approximate surface area is 226 Å². The summed E-state index contributed by atoms with van der Waals surface area (Å²) < 4.78 is 11.9. The third-order valence-corrected chi connectivity index (χ3v) is 11.2. The van der Waals surface area contributed by atoms with Crippen molar-refractivity contribution >= 4 is 29.1 Å². The molecule has 0 aromatic carbocycles. The van der Waals surface area contributed by atoms with Crippen LogP contribution in [0.25, 0.3) is 0 Å². The molecule has 0 aromatic heterocycles. The van der Waals surface area contributed by atoms with Gasteiger partial charge in [0.05, 0.1) is 11.0 Å². The first-order valence-corrected chi connectivity index (χ1v) is 14.4. The lowest BCUT2D eigenvalue weighted by atomic mass is 9.44. The van der Waals surface area contributed by atoms with Crippen LogP contribution in [0.15, 0.2) is 23.8 Å². The van der Waals surface area contributed by atoms with E-state index in [9.17, 15) is 19.5 Å². The molecule has 206 valence electrons. The number of alkyl halides is 1. The number of hydrogen-bond acceptors (Lipinski definition) is 6. The Balaban J connectivity index is 1.73. The summed E-state index contributed by atoms with van der Waals surface area (Å²) in [4.78, 5) is 37.0. The number of aliphatic hydroxyl groups is 1. The molecule has 0 saturated heterocycles. The number of ketones is 2. The van der Waals surface area contributed by atoms with Crippen molar-refractivity contribution in [3.63, 3.8) is 0 Å². The molecule has 4 aliphatic carbocycles. The van der Waals surface area contributed by atoms with Crippen molar-refractivity contribution in [3.8, 4) is 0 Å². The lowest BCUT2D eigenvalue weighted by molar-refractivity contribution is -0.192. The molecule has 2 unspecified atom stereocenters. The molecule has 3 saturated carbocycles. The summed E-state index contributed by atoms with van der Waals surface area (Å²) in [7, 11) is 0. The molecule has 0 aliphatic heterocycles. The van der Waals surface area contributed by atoms with Gasteiger partial charge in [0.25, 0.3) is 0 Å². The van der Waals surface area contributed by atoms with Crippen LogP contribution in [-0.2, 0) is 23.9 Å². The topological polar surface area (TPSA) is 89.9 Å². The minimum atomic E-state index is -1.14. The number of ether oxygens (including phenoxy) is 2. The van der Waals surface area contributed by atoms with E-state index in [1.807, 2.05) is 13.0 Å². The van der Waals surface area contributed by atoms with Crippen LogP contribution < -0.4 is 0 Å². The van der Waals surface area contributed by atoms with Crippen LogP contribution >= 0.6 is 11.6 Å². The zero-order valence-corrected chi connectivity index (χ0v) is 23.7. The average molecular weight is 535 g/mol. The molecule has 0 amide bonds. The second-order valence-corrected chi connectivity index (χ2v) is 12.8. The van der Waals surface area contributed by atoms with Crippen LogP contribution in [0, 0.1) is 28.6 Å². The van der Waals surface area contributed by atoms with Crippen molar-refractivity contribution in [2.45, 2.75) is 103 Å².